The molecule has 1 unspecified atom stereocenters. The van der Waals surface area contributed by atoms with Crippen molar-refractivity contribution in [2.45, 2.75) is 31.8 Å². The molecule has 0 aliphatic carbocycles. The van der Waals surface area contributed by atoms with Crippen molar-refractivity contribution >= 4 is 29.1 Å². The molecular formula is C22H23N3O4. The second-order valence-electron chi connectivity index (χ2n) is 7.45. The summed E-state index contributed by atoms with van der Waals surface area (Å²) in [6, 6.07) is 14.2. The zero-order chi connectivity index (χ0) is 20.6. The van der Waals surface area contributed by atoms with E-state index in [1.165, 1.54) is 0 Å². The van der Waals surface area contributed by atoms with Gasteiger partial charge in [0.05, 0.1) is 18.4 Å². The van der Waals surface area contributed by atoms with Crippen LogP contribution < -0.4 is 15.0 Å². The van der Waals surface area contributed by atoms with E-state index in [2.05, 4.69) is 5.32 Å². The molecule has 2 heterocycles. The first-order valence-corrected chi connectivity index (χ1v) is 9.62. The van der Waals surface area contributed by atoms with Crippen LogP contribution in [0.1, 0.15) is 36.5 Å². The van der Waals surface area contributed by atoms with Crippen molar-refractivity contribution in [2.24, 2.45) is 0 Å². The highest BCUT2D eigenvalue weighted by Crippen LogP contribution is 2.43. The van der Waals surface area contributed by atoms with Gasteiger partial charge in [0.25, 0.3) is 5.91 Å². The molecule has 29 heavy (non-hydrogen) atoms. The first kappa shape index (κ1) is 19.0. The number of carbonyl (C=O) groups excluding carboxylic acids is 3. The van der Waals surface area contributed by atoms with E-state index in [9.17, 15) is 14.4 Å². The molecule has 1 N–H and O–H groups in total. The zero-order valence-electron chi connectivity index (χ0n) is 16.5. The minimum atomic E-state index is -0.747. The van der Waals surface area contributed by atoms with Gasteiger partial charge in [-0.2, -0.15) is 0 Å². The maximum atomic E-state index is 13.2. The Hall–Kier alpha value is -3.35. The lowest BCUT2D eigenvalue weighted by atomic mass is 9.98. The van der Waals surface area contributed by atoms with E-state index < -0.39 is 5.66 Å². The highest BCUT2D eigenvalue weighted by molar-refractivity contribution is 6.10. The van der Waals surface area contributed by atoms with Gasteiger partial charge in [0, 0.05) is 25.1 Å². The molecular weight excluding hydrogens is 370 g/mol. The van der Waals surface area contributed by atoms with Crippen LogP contribution in [-0.4, -0.2) is 41.9 Å². The number of carbonyl (C=O) groups is 3. The van der Waals surface area contributed by atoms with E-state index >= 15 is 0 Å². The number of anilines is 2. The molecule has 2 aromatic carbocycles. The van der Waals surface area contributed by atoms with Crippen LogP contribution in [0.5, 0.6) is 5.75 Å². The molecule has 150 valence electrons. The maximum Gasteiger partial charge on any atom is 0.257 e. The molecule has 2 aromatic rings. The fraction of sp³-hybridized carbons (Fsp3) is 0.318. The van der Waals surface area contributed by atoms with Gasteiger partial charge in [0.1, 0.15) is 11.4 Å². The molecule has 0 aromatic heterocycles. The minimum absolute atomic E-state index is 0.000124. The predicted octanol–water partition coefficient (Wildman–Crippen LogP) is 3.02. The summed E-state index contributed by atoms with van der Waals surface area (Å²) >= 11 is 0. The summed E-state index contributed by atoms with van der Waals surface area (Å²) in [6.45, 7) is 2.13. The molecule has 0 spiro atoms. The zero-order valence-corrected chi connectivity index (χ0v) is 16.5. The number of nitrogens with one attached hydrogen (secondary N) is 1. The topological polar surface area (TPSA) is 79.0 Å². The van der Waals surface area contributed by atoms with Crippen LogP contribution in [0.3, 0.4) is 0 Å². The van der Waals surface area contributed by atoms with Crippen LogP contribution in [0.25, 0.3) is 0 Å². The molecule has 0 bridgehead atoms. The number of amides is 3. The van der Waals surface area contributed by atoms with Gasteiger partial charge in [0.15, 0.2) is 0 Å². The largest absolute Gasteiger partial charge is 0.497 e. The highest BCUT2D eigenvalue weighted by atomic mass is 16.5. The van der Waals surface area contributed by atoms with Gasteiger partial charge in [-0.05, 0) is 49.7 Å². The van der Waals surface area contributed by atoms with Crippen molar-refractivity contribution in [3.8, 4) is 5.75 Å². The summed E-state index contributed by atoms with van der Waals surface area (Å²) in [4.78, 5) is 41.5. The van der Waals surface area contributed by atoms with Crippen LogP contribution in [0.4, 0.5) is 11.4 Å². The summed E-state index contributed by atoms with van der Waals surface area (Å²) in [7, 11) is 1.58. The number of methoxy groups -OCH3 is 1. The van der Waals surface area contributed by atoms with Gasteiger partial charge in [0.2, 0.25) is 11.8 Å². The Morgan fingerprint density at radius 2 is 1.86 bits per heavy atom. The van der Waals surface area contributed by atoms with Gasteiger partial charge in [-0.25, -0.2) is 0 Å². The van der Waals surface area contributed by atoms with Crippen LogP contribution >= 0.6 is 0 Å². The average molecular weight is 393 g/mol. The molecule has 7 heteroatoms. The summed E-state index contributed by atoms with van der Waals surface area (Å²) in [6.07, 6.45) is 1.07. The third-order valence-electron chi connectivity index (χ3n) is 5.68. The lowest BCUT2D eigenvalue weighted by Gasteiger charge is -2.48. The number of fused-ring (bicyclic) bond motifs is 3. The molecule has 1 atom stereocenters. The Labute approximate surface area is 169 Å². The van der Waals surface area contributed by atoms with Crippen LogP contribution in [0.2, 0.25) is 0 Å². The molecule has 4 rings (SSSR count). The molecule has 0 saturated carbocycles. The van der Waals surface area contributed by atoms with Gasteiger partial charge in [-0.1, -0.05) is 12.1 Å². The first-order chi connectivity index (χ1) is 13.9. The normalized spacial score (nSPS) is 20.3. The second-order valence-corrected chi connectivity index (χ2v) is 7.45. The van der Waals surface area contributed by atoms with Crippen molar-refractivity contribution in [1.29, 1.82) is 0 Å². The molecule has 1 fully saturated rings. The standard InChI is InChI=1S/C22H23N3O4/c1-22-13-11-20(27)25(22)18-6-4-3-5-17(18)21(28)24(22)14-12-19(26)23-15-7-9-16(29-2)10-8-15/h3-10H,11-14H2,1-2H3,(H,23,26). The monoisotopic (exact) mass is 393 g/mol. The number of benzene rings is 2. The van der Waals surface area contributed by atoms with Crippen molar-refractivity contribution < 1.29 is 19.1 Å². The number of rotatable bonds is 5. The van der Waals surface area contributed by atoms with Gasteiger partial charge >= 0.3 is 0 Å². The highest BCUT2D eigenvalue weighted by Gasteiger charge is 2.52. The first-order valence-electron chi connectivity index (χ1n) is 9.62. The van der Waals surface area contributed by atoms with E-state index in [1.807, 2.05) is 19.1 Å². The van der Waals surface area contributed by atoms with Crippen molar-refractivity contribution in [1.82, 2.24) is 4.90 Å². The Morgan fingerprint density at radius 3 is 2.59 bits per heavy atom. The Bertz CT molecular complexity index is 972. The van der Waals surface area contributed by atoms with E-state index in [1.54, 1.807) is 53.3 Å². The van der Waals surface area contributed by atoms with Crippen LogP contribution in [0.15, 0.2) is 48.5 Å². The molecule has 1 saturated heterocycles. The van der Waals surface area contributed by atoms with E-state index in [4.69, 9.17) is 4.74 Å². The third kappa shape index (κ3) is 3.22. The number of hydrogen-bond donors (Lipinski definition) is 1. The Kier molecular flexibility index (Phi) is 4.74. The quantitative estimate of drug-likeness (QED) is 0.847. The molecule has 2 aliphatic heterocycles. The molecule has 2 aliphatic rings. The number of para-hydroxylation sites is 1. The van der Waals surface area contributed by atoms with E-state index in [-0.39, 0.29) is 30.7 Å². The summed E-state index contributed by atoms with van der Waals surface area (Å²) in [5, 5.41) is 2.83. The lowest BCUT2D eigenvalue weighted by Crippen LogP contribution is -2.62. The van der Waals surface area contributed by atoms with Crippen molar-refractivity contribution in [3.63, 3.8) is 0 Å². The lowest BCUT2D eigenvalue weighted by molar-refractivity contribution is -0.117. The number of nitrogens with zero attached hydrogens (tertiary/aromatic N) is 2. The van der Waals surface area contributed by atoms with Gasteiger partial charge < -0.3 is 15.0 Å². The minimum Gasteiger partial charge on any atom is -0.497 e. The Balaban J connectivity index is 1.51. The van der Waals surface area contributed by atoms with Crippen LogP contribution in [-0.2, 0) is 9.59 Å². The SMILES string of the molecule is COc1ccc(NC(=O)CCN2C(=O)c3ccccc3N3C(=O)CCC23C)cc1. The summed E-state index contributed by atoms with van der Waals surface area (Å²) < 4.78 is 5.11. The third-order valence-corrected chi connectivity index (χ3v) is 5.68. The predicted molar refractivity (Wildman–Crippen MR) is 109 cm³/mol. The van der Waals surface area contributed by atoms with Gasteiger partial charge in [-0.15, -0.1) is 0 Å². The molecule has 7 nitrogen and oxygen atoms in total. The van der Waals surface area contributed by atoms with E-state index in [0.717, 1.165) is 0 Å². The number of ether oxygens (including phenoxy) is 1. The summed E-state index contributed by atoms with van der Waals surface area (Å²) in [5.41, 5.74) is 1.07. The number of hydrogen-bond acceptors (Lipinski definition) is 4. The molecule has 0 radical (unpaired) electrons. The Morgan fingerprint density at radius 1 is 1.14 bits per heavy atom. The van der Waals surface area contributed by atoms with Gasteiger partial charge in [-0.3, -0.25) is 19.3 Å². The van der Waals surface area contributed by atoms with Crippen molar-refractivity contribution in [3.05, 3.63) is 54.1 Å². The summed E-state index contributed by atoms with van der Waals surface area (Å²) in [5.74, 6) is 0.368. The van der Waals surface area contributed by atoms with Crippen LogP contribution in [0, 0.1) is 0 Å². The average Bonchev–Trinajstić information content (AvgIpc) is 3.03. The second kappa shape index (κ2) is 7.24. The smallest absolute Gasteiger partial charge is 0.257 e. The maximum absolute atomic E-state index is 13.2. The fourth-order valence-electron chi connectivity index (χ4n) is 4.15. The molecule has 3 amide bonds. The fourth-order valence-corrected chi connectivity index (χ4v) is 4.15. The van der Waals surface area contributed by atoms with E-state index in [0.29, 0.717) is 35.5 Å². The van der Waals surface area contributed by atoms with Crippen molar-refractivity contribution in [2.75, 3.05) is 23.9 Å².